The maximum atomic E-state index is 12.2. The summed E-state index contributed by atoms with van der Waals surface area (Å²) in [5.74, 6) is 0. The summed E-state index contributed by atoms with van der Waals surface area (Å²) in [5.41, 5.74) is 7.51. The minimum atomic E-state index is -3.57. The Kier molecular flexibility index (Phi) is 3.65. The molecule has 96 valence electrons. The van der Waals surface area contributed by atoms with Gasteiger partial charge in [0.1, 0.15) is 0 Å². The standard InChI is InChI=1S/C11H11BrN2O2S2/c1-7-9(13)3-2-4-10(7)14-18(15,16)11-8(12)5-6-17-11/h2-6,14H,13H2,1H3. The normalized spacial score (nSPS) is 11.4. The molecule has 2 aromatic rings. The van der Waals surface area contributed by atoms with E-state index < -0.39 is 10.0 Å². The summed E-state index contributed by atoms with van der Waals surface area (Å²) < 4.78 is 27.7. The highest BCUT2D eigenvalue weighted by molar-refractivity contribution is 9.10. The number of halogens is 1. The van der Waals surface area contributed by atoms with Crippen molar-refractivity contribution in [2.75, 3.05) is 10.5 Å². The van der Waals surface area contributed by atoms with E-state index >= 15 is 0 Å². The minimum Gasteiger partial charge on any atom is -0.398 e. The molecule has 0 unspecified atom stereocenters. The predicted octanol–water partition coefficient (Wildman–Crippen LogP) is 3.20. The molecule has 1 aromatic carbocycles. The Hall–Kier alpha value is -1.05. The van der Waals surface area contributed by atoms with Crippen molar-refractivity contribution in [3.05, 3.63) is 39.7 Å². The molecular formula is C11H11BrN2O2S2. The molecule has 0 saturated heterocycles. The molecule has 0 amide bonds. The predicted molar refractivity (Wildman–Crippen MR) is 78.4 cm³/mol. The molecule has 4 nitrogen and oxygen atoms in total. The van der Waals surface area contributed by atoms with Crippen LogP contribution in [-0.4, -0.2) is 8.42 Å². The molecule has 3 N–H and O–H groups in total. The first-order valence-electron chi connectivity index (χ1n) is 5.03. The van der Waals surface area contributed by atoms with Gasteiger partial charge in [0.15, 0.2) is 4.21 Å². The smallest absolute Gasteiger partial charge is 0.272 e. The van der Waals surface area contributed by atoms with Gasteiger partial charge in [0.25, 0.3) is 10.0 Å². The van der Waals surface area contributed by atoms with Crippen LogP contribution in [0, 0.1) is 6.92 Å². The van der Waals surface area contributed by atoms with Crippen LogP contribution in [0.4, 0.5) is 11.4 Å². The Morgan fingerprint density at radius 3 is 2.67 bits per heavy atom. The monoisotopic (exact) mass is 346 g/mol. The third-order valence-electron chi connectivity index (χ3n) is 2.45. The number of nitrogen functional groups attached to an aromatic ring is 1. The van der Waals surface area contributed by atoms with Crippen LogP contribution < -0.4 is 10.5 Å². The fraction of sp³-hybridized carbons (Fsp3) is 0.0909. The van der Waals surface area contributed by atoms with Crippen molar-refractivity contribution < 1.29 is 8.42 Å². The molecule has 0 atom stereocenters. The second kappa shape index (κ2) is 4.91. The summed E-state index contributed by atoms with van der Waals surface area (Å²) in [6.07, 6.45) is 0. The van der Waals surface area contributed by atoms with Gasteiger partial charge < -0.3 is 5.73 Å². The van der Waals surface area contributed by atoms with E-state index in [9.17, 15) is 8.42 Å². The van der Waals surface area contributed by atoms with E-state index in [1.807, 2.05) is 0 Å². The lowest BCUT2D eigenvalue weighted by Gasteiger charge is -2.11. The van der Waals surface area contributed by atoms with Crippen molar-refractivity contribution in [2.45, 2.75) is 11.1 Å². The number of rotatable bonds is 3. The van der Waals surface area contributed by atoms with Crippen LogP contribution in [0.2, 0.25) is 0 Å². The number of hydrogen-bond donors (Lipinski definition) is 2. The fourth-order valence-corrected chi connectivity index (χ4v) is 4.89. The molecule has 0 spiro atoms. The van der Waals surface area contributed by atoms with Gasteiger partial charge >= 0.3 is 0 Å². The quantitative estimate of drug-likeness (QED) is 0.838. The zero-order valence-electron chi connectivity index (χ0n) is 9.48. The summed E-state index contributed by atoms with van der Waals surface area (Å²) in [6, 6.07) is 6.83. The first kappa shape index (κ1) is 13.4. The first-order chi connectivity index (χ1) is 8.42. The number of nitrogens with two attached hydrogens (primary N) is 1. The molecule has 2 rings (SSSR count). The van der Waals surface area contributed by atoms with Crippen LogP contribution in [0.15, 0.2) is 38.3 Å². The fourth-order valence-electron chi connectivity index (χ4n) is 1.43. The number of anilines is 2. The highest BCUT2D eigenvalue weighted by Crippen LogP contribution is 2.30. The highest BCUT2D eigenvalue weighted by atomic mass is 79.9. The topological polar surface area (TPSA) is 72.2 Å². The molecule has 0 fully saturated rings. The van der Waals surface area contributed by atoms with Crippen molar-refractivity contribution >= 4 is 48.7 Å². The van der Waals surface area contributed by atoms with E-state index in [4.69, 9.17) is 5.73 Å². The van der Waals surface area contributed by atoms with Crippen molar-refractivity contribution in [3.8, 4) is 0 Å². The van der Waals surface area contributed by atoms with Crippen molar-refractivity contribution in [3.63, 3.8) is 0 Å². The number of benzene rings is 1. The van der Waals surface area contributed by atoms with Crippen molar-refractivity contribution in [1.29, 1.82) is 0 Å². The van der Waals surface area contributed by atoms with Gasteiger partial charge in [0.2, 0.25) is 0 Å². The average molecular weight is 347 g/mol. The molecule has 0 saturated carbocycles. The maximum Gasteiger partial charge on any atom is 0.272 e. The number of nitrogens with one attached hydrogen (secondary N) is 1. The summed E-state index contributed by atoms with van der Waals surface area (Å²) >= 11 is 4.37. The van der Waals surface area contributed by atoms with Crippen LogP contribution in [0.25, 0.3) is 0 Å². The van der Waals surface area contributed by atoms with Crippen LogP contribution in [-0.2, 0) is 10.0 Å². The summed E-state index contributed by atoms with van der Waals surface area (Å²) in [5, 5.41) is 1.71. The van der Waals surface area contributed by atoms with Crippen LogP contribution in [0.5, 0.6) is 0 Å². The Morgan fingerprint density at radius 2 is 2.06 bits per heavy atom. The second-order valence-electron chi connectivity index (χ2n) is 3.68. The van der Waals surface area contributed by atoms with E-state index in [0.717, 1.165) is 11.3 Å². The maximum absolute atomic E-state index is 12.2. The number of sulfonamides is 1. The van der Waals surface area contributed by atoms with Gasteiger partial charge in [-0.1, -0.05) is 6.07 Å². The van der Waals surface area contributed by atoms with E-state index in [-0.39, 0.29) is 4.21 Å². The van der Waals surface area contributed by atoms with Gasteiger partial charge in [-0.05, 0) is 52.0 Å². The Bertz CT molecular complexity index is 680. The molecule has 0 aliphatic heterocycles. The molecule has 0 bridgehead atoms. The van der Waals surface area contributed by atoms with Gasteiger partial charge in [0.05, 0.1) is 5.69 Å². The SMILES string of the molecule is Cc1c(N)cccc1NS(=O)(=O)c1sccc1Br. The molecular weight excluding hydrogens is 336 g/mol. The van der Waals surface area contributed by atoms with Crippen molar-refractivity contribution in [2.24, 2.45) is 0 Å². The van der Waals surface area contributed by atoms with Crippen LogP contribution in [0.1, 0.15) is 5.56 Å². The zero-order chi connectivity index (χ0) is 13.3. The number of thiophene rings is 1. The van der Waals surface area contributed by atoms with Crippen LogP contribution in [0.3, 0.4) is 0 Å². The average Bonchev–Trinajstić information content (AvgIpc) is 2.72. The summed E-state index contributed by atoms with van der Waals surface area (Å²) in [4.78, 5) is 0. The zero-order valence-corrected chi connectivity index (χ0v) is 12.7. The summed E-state index contributed by atoms with van der Waals surface area (Å²) in [7, 11) is -3.57. The highest BCUT2D eigenvalue weighted by Gasteiger charge is 2.20. The van der Waals surface area contributed by atoms with E-state index in [0.29, 0.717) is 21.4 Å². The van der Waals surface area contributed by atoms with Gasteiger partial charge in [0, 0.05) is 10.2 Å². The largest absolute Gasteiger partial charge is 0.398 e. The molecule has 1 aromatic heterocycles. The van der Waals surface area contributed by atoms with Gasteiger partial charge in [-0.3, -0.25) is 4.72 Å². The van der Waals surface area contributed by atoms with Gasteiger partial charge in [-0.2, -0.15) is 0 Å². The molecule has 7 heteroatoms. The first-order valence-corrected chi connectivity index (χ1v) is 8.18. The lowest BCUT2D eigenvalue weighted by atomic mass is 10.2. The molecule has 1 heterocycles. The lowest BCUT2D eigenvalue weighted by molar-refractivity contribution is 0.603. The second-order valence-corrected chi connectivity index (χ2v) is 7.33. The van der Waals surface area contributed by atoms with Crippen LogP contribution >= 0.6 is 27.3 Å². The van der Waals surface area contributed by atoms with Crippen molar-refractivity contribution in [1.82, 2.24) is 0 Å². The molecule has 0 radical (unpaired) electrons. The summed E-state index contributed by atoms with van der Waals surface area (Å²) in [6.45, 7) is 1.77. The Morgan fingerprint density at radius 1 is 1.33 bits per heavy atom. The molecule has 0 aliphatic rings. The van der Waals surface area contributed by atoms with Gasteiger partial charge in [-0.25, -0.2) is 8.42 Å². The third-order valence-corrected chi connectivity index (χ3v) is 6.48. The number of hydrogen-bond acceptors (Lipinski definition) is 4. The Balaban J connectivity index is 2.40. The van der Waals surface area contributed by atoms with E-state index in [2.05, 4.69) is 20.7 Å². The van der Waals surface area contributed by atoms with E-state index in [1.165, 1.54) is 0 Å². The van der Waals surface area contributed by atoms with E-state index in [1.54, 1.807) is 36.6 Å². The lowest BCUT2D eigenvalue weighted by Crippen LogP contribution is -2.13. The van der Waals surface area contributed by atoms with Gasteiger partial charge in [-0.15, -0.1) is 11.3 Å². The molecule has 18 heavy (non-hydrogen) atoms. The minimum absolute atomic E-state index is 0.254. The molecule has 0 aliphatic carbocycles. The Labute approximate surface area is 118 Å². The third kappa shape index (κ3) is 2.52.